The summed E-state index contributed by atoms with van der Waals surface area (Å²) in [6, 6.07) is 8.42. The number of aliphatic hydroxyl groups is 2. The number of nitrogens with one attached hydrogen (secondary N) is 2. The number of carbonyl (C=O) groups excluding carboxylic acids is 1. The van der Waals surface area contributed by atoms with Crippen LogP contribution < -0.4 is 10.6 Å². The lowest BCUT2D eigenvalue weighted by molar-refractivity contribution is -0.137. The molecule has 0 unspecified atom stereocenters. The number of anilines is 1. The van der Waals surface area contributed by atoms with Crippen LogP contribution in [0.15, 0.2) is 43.1 Å². The van der Waals surface area contributed by atoms with Gasteiger partial charge < -0.3 is 34.9 Å². The predicted molar refractivity (Wildman–Crippen MR) is 138 cm³/mol. The quantitative estimate of drug-likeness (QED) is 0.240. The summed E-state index contributed by atoms with van der Waals surface area (Å²) in [7, 11) is 1.70. The molecule has 6 rings (SSSR count). The summed E-state index contributed by atoms with van der Waals surface area (Å²) in [6.07, 6.45) is 2.79. The molecule has 1 saturated heterocycles. The lowest BCUT2D eigenvalue weighted by atomic mass is 10.1. The van der Waals surface area contributed by atoms with Gasteiger partial charge in [-0.15, -0.1) is 0 Å². The number of hydrogen-bond donors (Lipinski definition) is 4. The molecule has 1 aliphatic heterocycles. The molecule has 12 nitrogen and oxygen atoms in total. The SMILES string of the molecule is COCCn1cc(CCNc2ncnc3c2ncn3[C@@H]2O[C@H](C(=O)NC3CC3)[C@@H](O)[C@H]2O)c2ccccc21. The van der Waals surface area contributed by atoms with E-state index in [0.717, 1.165) is 25.8 Å². The van der Waals surface area contributed by atoms with Crippen LogP contribution in [0.1, 0.15) is 24.6 Å². The maximum Gasteiger partial charge on any atom is 0.252 e. The summed E-state index contributed by atoms with van der Waals surface area (Å²) < 4.78 is 14.8. The van der Waals surface area contributed by atoms with Crippen molar-refractivity contribution in [2.75, 3.05) is 25.6 Å². The minimum absolute atomic E-state index is 0.117. The van der Waals surface area contributed by atoms with Gasteiger partial charge in [0.1, 0.15) is 18.5 Å². The van der Waals surface area contributed by atoms with E-state index in [0.29, 0.717) is 30.1 Å². The topological polar surface area (TPSA) is 149 Å². The zero-order chi connectivity index (χ0) is 26.2. The molecule has 200 valence electrons. The average Bonchev–Trinajstić information content (AvgIpc) is 3.41. The number of para-hydroxylation sites is 1. The van der Waals surface area contributed by atoms with Crippen molar-refractivity contribution in [3.05, 3.63) is 48.7 Å². The van der Waals surface area contributed by atoms with Gasteiger partial charge in [-0.3, -0.25) is 9.36 Å². The highest BCUT2D eigenvalue weighted by Crippen LogP contribution is 2.33. The number of imidazole rings is 1. The Balaban J connectivity index is 1.17. The van der Waals surface area contributed by atoms with E-state index in [1.807, 2.05) is 12.1 Å². The van der Waals surface area contributed by atoms with Crippen LogP contribution in [-0.4, -0.2) is 84.8 Å². The highest BCUT2D eigenvalue weighted by atomic mass is 16.6. The third kappa shape index (κ3) is 4.60. The third-order valence-corrected chi connectivity index (χ3v) is 7.15. The molecule has 0 bridgehead atoms. The van der Waals surface area contributed by atoms with Gasteiger partial charge in [0, 0.05) is 43.3 Å². The maximum absolute atomic E-state index is 12.5. The standard InChI is InChI=1S/C26H31N7O5/c1-37-11-10-32-12-15(17-4-2-3-5-18(17)32)8-9-27-23-19-24(29-13-28-23)33(14-30-19)26-21(35)20(34)22(38-26)25(36)31-16-6-7-16/h2-5,12-14,16,20-22,26,34-35H,6-11H2,1H3,(H,31,36)(H,27,28,29)/t20-,21+,22-,26+/m0/s1. The van der Waals surface area contributed by atoms with Crippen molar-refractivity contribution in [3.8, 4) is 0 Å². The molecular formula is C26H31N7O5. The molecule has 4 aromatic rings. The molecule has 1 aliphatic carbocycles. The van der Waals surface area contributed by atoms with Crippen molar-refractivity contribution in [1.82, 2.24) is 29.4 Å². The van der Waals surface area contributed by atoms with Crippen LogP contribution in [0.2, 0.25) is 0 Å². The molecule has 4 N–H and O–H groups in total. The summed E-state index contributed by atoms with van der Waals surface area (Å²) in [6.45, 7) is 2.03. The number of aromatic nitrogens is 5. The predicted octanol–water partition coefficient (Wildman–Crippen LogP) is 0.980. The molecule has 1 amide bonds. The summed E-state index contributed by atoms with van der Waals surface area (Å²) >= 11 is 0. The maximum atomic E-state index is 12.5. The van der Waals surface area contributed by atoms with Crippen LogP contribution in [0.4, 0.5) is 5.82 Å². The van der Waals surface area contributed by atoms with Crippen molar-refractivity contribution in [2.24, 2.45) is 0 Å². The van der Waals surface area contributed by atoms with E-state index in [2.05, 4.69) is 48.5 Å². The first-order chi connectivity index (χ1) is 18.5. The minimum atomic E-state index is -1.36. The van der Waals surface area contributed by atoms with E-state index in [1.54, 1.807) is 7.11 Å². The number of fused-ring (bicyclic) bond motifs is 2. The van der Waals surface area contributed by atoms with Crippen LogP contribution in [-0.2, 0) is 27.2 Å². The van der Waals surface area contributed by atoms with E-state index < -0.39 is 30.4 Å². The van der Waals surface area contributed by atoms with Crippen LogP contribution in [0, 0.1) is 0 Å². The molecule has 4 heterocycles. The van der Waals surface area contributed by atoms with E-state index in [9.17, 15) is 15.0 Å². The molecule has 0 spiro atoms. The van der Waals surface area contributed by atoms with Gasteiger partial charge in [0.15, 0.2) is 29.3 Å². The largest absolute Gasteiger partial charge is 0.387 e. The zero-order valence-electron chi connectivity index (χ0n) is 21.0. The number of hydrogen-bond acceptors (Lipinski definition) is 9. The third-order valence-electron chi connectivity index (χ3n) is 7.15. The first-order valence-electron chi connectivity index (χ1n) is 12.8. The average molecular weight is 522 g/mol. The Hall–Kier alpha value is -3.58. The molecule has 3 aromatic heterocycles. The Morgan fingerprint density at radius 2 is 2.03 bits per heavy atom. The molecule has 0 radical (unpaired) electrons. The molecular weight excluding hydrogens is 490 g/mol. The highest BCUT2D eigenvalue weighted by Gasteiger charge is 2.48. The highest BCUT2D eigenvalue weighted by molar-refractivity contribution is 5.85. The smallest absolute Gasteiger partial charge is 0.252 e. The normalized spacial score (nSPS) is 23.3. The van der Waals surface area contributed by atoms with Crippen LogP contribution in [0.25, 0.3) is 22.1 Å². The van der Waals surface area contributed by atoms with E-state index in [1.165, 1.54) is 33.7 Å². The number of benzene rings is 1. The number of ether oxygens (including phenoxy) is 2. The second-order valence-electron chi connectivity index (χ2n) is 9.79. The zero-order valence-corrected chi connectivity index (χ0v) is 21.0. The Morgan fingerprint density at radius 1 is 1.18 bits per heavy atom. The van der Waals surface area contributed by atoms with E-state index in [4.69, 9.17) is 9.47 Å². The summed E-state index contributed by atoms with van der Waals surface area (Å²) in [5.74, 6) is 0.125. The number of nitrogens with zero attached hydrogens (tertiary/aromatic N) is 5. The molecule has 38 heavy (non-hydrogen) atoms. The number of methoxy groups -OCH3 is 1. The van der Waals surface area contributed by atoms with Gasteiger partial charge in [-0.05, 0) is 30.9 Å². The van der Waals surface area contributed by atoms with E-state index >= 15 is 0 Å². The first-order valence-corrected chi connectivity index (χ1v) is 12.8. The molecule has 12 heteroatoms. The Bertz CT molecular complexity index is 1450. The lowest BCUT2D eigenvalue weighted by Crippen LogP contribution is -2.43. The van der Waals surface area contributed by atoms with Crippen LogP contribution in [0.3, 0.4) is 0 Å². The fourth-order valence-electron chi connectivity index (χ4n) is 5.00. The Labute approximate surface area is 218 Å². The van der Waals surface area contributed by atoms with Crippen molar-refractivity contribution >= 4 is 33.8 Å². The van der Waals surface area contributed by atoms with Gasteiger partial charge in [-0.1, -0.05) is 18.2 Å². The second kappa shape index (κ2) is 10.3. The van der Waals surface area contributed by atoms with Gasteiger partial charge in [-0.2, -0.15) is 0 Å². The molecule has 1 aromatic carbocycles. The number of rotatable bonds is 10. The first kappa shape index (κ1) is 24.7. The Kier molecular flexibility index (Phi) is 6.70. The fraction of sp³-hybridized carbons (Fsp3) is 0.462. The second-order valence-corrected chi connectivity index (χ2v) is 9.79. The lowest BCUT2D eigenvalue weighted by Gasteiger charge is -2.16. The Morgan fingerprint density at radius 3 is 2.84 bits per heavy atom. The van der Waals surface area contributed by atoms with Gasteiger partial charge in [0.05, 0.1) is 12.9 Å². The van der Waals surface area contributed by atoms with Gasteiger partial charge in [-0.25, -0.2) is 15.0 Å². The number of carbonyl (C=O) groups is 1. The van der Waals surface area contributed by atoms with Gasteiger partial charge in [0.2, 0.25) is 0 Å². The van der Waals surface area contributed by atoms with Crippen molar-refractivity contribution < 1.29 is 24.5 Å². The summed E-state index contributed by atoms with van der Waals surface area (Å²) in [4.78, 5) is 25.6. The molecule has 4 atom stereocenters. The monoisotopic (exact) mass is 521 g/mol. The van der Waals surface area contributed by atoms with Crippen molar-refractivity contribution in [3.63, 3.8) is 0 Å². The van der Waals surface area contributed by atoms with Crippen LogP contribution in [0.5, 0.6) is 0 Å². The van der Waals surface area contributed by atoms with Gasteiger partial charge >= 0.3 is 0 Å². The van der Waals surface area contributed by atoms with Gasteiger partial charge in [0.25, 0.3) is 5.91 Å². The fourth-order valence-corrected chi connectivity index (χ4v) is 5.00. The molecule has 2 fully saturated rings. The summed E-state index contributed by atoms with van der Waals surface area (Å²) in [5.41, 5.74) is 3.32. The van der Waals surface area contributed by atoms with Crippen LogP contribution >= 0.6 is 0 Å². The number of amides is 1. The summed E-state index contributed by atoms with van der Waals surface area (Å²) in [5, 5.41) is 28.5. The van der Waals surface area contributed by atoms with Crippen molar-refractivity contribution in [1.29, 1.82) is 0 Å². The van der Waals surface area contributed by atoms with E-state index in [-0.39, 0.29) is 6.04 Å². The number of aliphatic hydroxyl groups excluding tert-OH is 2. The molecule has 2 aliphatic rings. The van der Waals surface area contributed by atoms with Crippen molar-refractivity contribution in [2.45, 2.75) is 56.4 Å². The minimum Gasteiger partial charge on any atom is -0.387 e. The molecule has 1 saturated carbocycles.